The molecule has 0 saturated carbocycles. The van der Waals surface area contributed by atoms with Gasteiger partial charge in [-0.15, -0.1) is 0 Å². The molecule has 0 heterocycles. The van der Waals surface area contributed by atoms with Crippen molar-refractivity contribution in [3.63, 3.8) is 0 Å². The summed E-state index contributed by atoms with van der Waals surface area (Å²) in [4.78, 5) is 2.33. The molecule has 0 aromatic rings. The van der Waals surface area contributed by atoms with Gasteiger partial charge in [0.05, 0.1) is 0 Å². The van der Waals surface area contributed by atoms with Crippen molar-refractivity contribution in [1.29, 1.82) is 0 Å². The molecule has 0 aliphatic rings. The fourth-order valence-corrected chi connectivity index (χ4v) is 0.913. The summed E-state index contributed by atoms with van der Waals surface area (Å²) in [6.45, 7) is 11.4. The molecule has 0 radical (unpaired) electrons. The fraction of sp³-hybridized carbons (Fsp3) is 0.750. The van der Waals surface area contributed by atoms with Crippen LogP contribution in [0.5, 0.6) is 0 Å². The van der Waals surface area contributed by atoms with Crippen LogP contribution in [0.25, 0.3) is 0 Å². The minimum absolute atomic E-state index is 0.802. The third-order valence-corrected chi connectivity index (χ3v) is 2.01. The van der Waals surface area contributed by atoms with E-state index in [0.717, 1.165) is 25.4 Å². The van der Waals surface area contributed by atoms with Gasteiger partial charge in [-0.1, -0.05) is 26.0 Å². The van der Waals surface area contributed by atoms with Gasteiger partial charge in [0.1, 0.15) is 0 Å². The number of thiol groups is 1. The van der Waals surface area contributed by atoms with E-state index in [0.29, 0.717) is 0 Å². The summed E-state index contributed by atoms with van der Waals surface area (Å²) >= 11 is 4.14. The third-order valence-electron chi connectivity index (χ3n) is 1.57. The predicted octanol–water partition coefficient (Wildman–Crippen LogP) is 1.81. The zero-order chi connectivity index (χ0) is 7.98. The number of nitrogens with zero attached hydrogens (tertiary/aromatic N) is 1. The summed E-state index contributed by atoms with van der Waals surface area (Å²) in [5.74, 6) is 0.802. The van der Waals surface area contributed by atoms with Gasteiger partial charge in [0, 0.05) is 12.3 Å². The van der Waals surface area contributed by atoms with E-state index in [2.05, 4.69) is 38.0 Å². The van der Waals surface area contributed by atoms with Crippen molar-refractivity contribution in [3.8, 4) is 0 Å². The molecule has 0 aliphatic carbocycles. The second-order valence-corrected chi connectivity index (χ2v) is 2.69. The van der Waals surface area contributed by atoms with Crippen molar-refractivity contribution >= 4 is 12.6 Å². The summed E-state index contributed by atoms with van der Waals surface area (Å²) in [6.07, 6.45) is 0. The van der Waals surface area contributed by atoms with Crippen LogP contribution in [-0.4, -0.2) is 30.3 Å². The Kier molecular flexibility index (Phi) is 5.84. The van der Waals surface area contributed by atoms with E-state index in [9.17, 15) is 0 Å². The van der Waals surface area contributed by atoms with Crippen molar-refractivity contribution < 1.29 is 0 Å². The van der Waals surface area contributed by atoms with Crippen LogP contribution >= 0.6 is 12.6 Å². The Balaban J connectivity index is 3.52. The lowest BCUT2D eigenvalue weighted by atomic mass is 10.3. The Morgan fingerprint density at radius 3 is 2.20 bits per heavy atom. The average molecular weight is 159 g/mol. The van der Waals surface area contributed by atoms with Gasteiger partial charge in [-0.25, -0.2) is 0 Å². The van der Waals surface area contributed by atoms with Gasteiger partial charge in [0.15, 0.2) is 0 Å². The molecular weight excluding hydrogens is 142 g/mol. The van der Waals surface area contributed by atoms with Crippen molar-refractivity contribution in [1.82, 2.24) is 4.90 Å². The van der Waals surface area contributed by atoms with Crippen LogP contribution in [0.3, 0.4) is 0 Å². The van der Waals surface area contributed by atoms with Crippen LogP contribution in [0.2, 0.25) is 0 Å². The minimum atomic E-state index is 0.802. The molecule has 2 heteroatoms. The number of rotatable bonds is 5. The SMILES string of the molecule is C=C(CS)CN(CC)CC. The molecule has 0 saturated heterocycles. The molecule has 0 aromatic heterocycles. The van der Waals surface area contributed by atoms with Crippen LogP contribution in [0.15, 0.2) is 12.2 Å². The Morgan fingerprint density at radius 1 is 1.40 bits per heavy atom. The largest absolute Gasteiger partial charge is 0.300 e. The van der Waals surface area contributed by atoms with E-state index in [-0.39, 0.29) is 0 Å². The lowest BCUT2D eigenvalue weighted by molar-refractivity contribution is 0.330. The maximum atomic E-state index is 4.14. The molecule has 0 fully saturated rings. The van der Waals surface area contributed by atoms with E-state index >= 15 is 0 Å². The second-order valence-electron chi connectivity index (χ2n) is 2.37. The molecule has 0 unspecified atom stereocenters. The minimum Gasteiger partial charge on any atom is -0.300 e. The predicted molar refractivity (Wildman–Crippen MR) is 50.8 cm³/mol. The van der Waals surface area contributed by atoms with Crippen LogP contribution in [0, 0.1) is 0 Å². The first-order valence-corrected chi connectivity index (χ1v) is 4.37. The average Bonchev–Trinajstić information content (AvgIpc) is 1.99. The molecule has 0 rings (SSSR count). The van der Waals surface area contributed by atoms with Crippen molar-refractivity contribution in [2.75, 3.05) is 25.4 Å². The summed E-state index contributed by atoms with van der Waals surface area (Å²) in [7, 11) is 0. The summed E-state index contributed by atoms with van der Waals surface area (Å²) in [6, 6.07) is 0. The molecule has 10 heavy (non-hydrogen) atoms. The van der Waals surface area contributed by atoms with Gasteiger partial charge >= 0.3 is 0 Å². The molecule has 0 aromatic carbocycles. The molecule has 0 spiro atoms. The van der Waals surface area contributed by atoms with Gasteiger partial charge in [0.2, 0.25) is 0 Å². The Morgan fingerprint density at radius 2 is 1.90 bits per heavy atom. The van der Waals surface area contributed by atoms with Crippen LogP contribution in [-0.2, 0) is 0 Å². The van der Waals surface area contributed by atoms with Crippen molar-refractivity contribution in [3.05, 3.63) is 12.2 Å². The number of hydrogen-bond donors (Lipinski definition) is 1. The van der Waals surface area contributed by atoms with E-state index < -0.39 is 0 Å². The molecule has 0 bridgehead atoms. The van der Waals surface area contributed by atoms with Crippen molar-refractivity contribution in [2.45, 2.75) is 13.8 Å². The highest BCUT2D eigenvalue weighted by Gasteiger charge is 1.98. The van der Waals surface area contributed by atoms with Crippen LogP contribution < -0.4 is 0 Å². The summed E-state index contributed by atoms with van der Waals surface area (Å²) < 4.78 is 0. The number of hydrogen-bond acceptors (Lipinski definition) is 2. The summed E-state index contributed by atoms with van der Waals surface area (Å²) in [5, 5.41) is 0. The molecule has 0 N–H and O–H groups in total. The third kappa shape index (κ3) is 3.96. The van der Waals surface area contributed by atoms with Crippen LogP contribution in [0.1, 0.15) is 13.8 Å². The monoisotopic (exact) mass is 159 g/mol. The second kappa shape index (κ2) is 5.81. The molecular formula is C8H17NS. The van der Waals surface area contributed by atoms with Crippen molar-refractivity contribution in [2.24, 2.45) is 0 Å². The van der Waals surface area contributed by atoms with E-state index in [1.54, 1.807) is 0 Å². The van der Waals surface area contributed by atoms with Gasteiger partial charge in [0.25, 0.3) is 0 Å². The smallest absolute Gasteiger partial charge is 0.0198 e. The standard InChI is InChI=1S/C8H17NS/c1-4-9(5-2)6-8(3)7-10/h10H,3-7H2,1-2H3. The molecule has 0 atom stereocenters. The lowest BCUT2D eigenvalue weighted by Gasteiger charge is -2.18. The maximum absolute atomic E-state index is 4.14. The first-order chi connectivity index (χ1) is 4.74. The van der Waals surface area contributed by atoms with E-state index in [1.165, 1.54) is 5.57 Å². The van der Waals surface area contributed by atoms with E-state index in [4.69, 9.17) is 0 Å². The highest BCUT2D eigenvalue weighted by atomic mass is 32.1. The first kappa shape index (κ1) is 10.0. The zero-order valence-corrected chi connectivity index (χ0v) is 7.82. The maximum Gasteiger partial charge on any atom is 0.0198 e. The van der Waals surface area contributed by atoms with Crippen LogP contribution in [0.4, 0.5) is 0 Å². The Hall–Kier alpha value is 0.0500. The first-order valence-electron chi connectivity index (χ1n) is 3.74. The number of likely N-dealkylation sites (N-methyl/N-ethyl adjacent to an activating group) is 1. The molecule has 0 amide bonds. The Labute approximate surface area is 69.5 Å². The molecule has 60 valence electrons. The molecule has 1 nitrogen and oxygen atoms in total. The van der Waals surface area contributed by atoms with E-state index in [1.807, 2.05) is 0 Å². The topological polar surface area (TPSA) is 3.24 Å². The van der Waals surface area contributed by atoms with Gasteiger partial charge in [-0.3, -0.25) is 4.90 Å². The normalized spacial score (nSPS) is 10.4. The highest BCUT2D eigenvalue weighted by Crippen LogP contribution is 1.97. The Bertz CT molecular complexity index is 97.4. The zero-order valence-electron chi connectivity index (χ0n) is 6.93. The molecule has 0 aliphatic heterocycles. The van der Waals surface area contributed by atoms with Gasteiger partial charge < -0.3 is 0 Å². The summed E-state index contributed by atoms with van der Waals surface area (Å²) in [5.41, 5.74) is 1.20. The quantitative estimate of drug-likeness (QED) is 0.473. The lowest BCUT2D eigenvalue weighted by Crippen LogP contribution is -2.25. The highest BCUT2D eigenvalue weighted by molar-refractivity contribution is 7.80. The fourth-order valence-electron chi connectivity index (χ4n) is 0.813. The van der Waals surface area contributed by atoms with Gasteiger partial charge in [-0.05, 0) is 13.1 Å². The van der Waals surface area contributed by atoms with Gasteiger partial charge in [-0.2, -0.15) is 12.6 Å².